The fourth-order valence-electron chi connectivity index (χ4n) is 3.31. The van der Waals surface area contributed by atoms with Gasteiger partial charge in [0, 0.05) is 34.7 Å². The number of aromatic nitrogens is 4. The number of rotatable bonds is 5. The van der Waals surface area contributed by atoms with Gasteiger partial charge in [0.15, 0.2) is 5.78 Å². The number of nitrogen functional groups attached to an aromatic ring is 1. The van der Waals surface area contributed by atoms with Gasteiger partial charge in [-0.3, -0.25) is 10.1 Å². The number of fused-ring (bicyclic) bond motifs is 1. The molecule has 0 fully saturated rings. The van der Waals surface area contributed by atoms with E-state index in [0.717, 1.165) is 0 Å². The van der Waals surface area contributed by atoms with Crippen molar-refractivity contribution in [2.24, 2.45) is 0 Å². The van der Waals surface area contributed by atoms with Crippen LogP contribution in [0.5, 0.6) is 0 Å². The molecule has 4 rings (SSSR count). The van der Waals surface area contributed by atoms with Gasteiger partial charge in [0.05, 0.1) is 10.9 Å². The van der Waals surface area contributed by atoms with Crippen LogP contribution < -0.4 is 16.4 Å². The Kier molecular flexibility index (Phi) is 5.74. The minimum Gasteiger partial charge on any atom is -0.383 e. The van der Waals surface area contributed by atoms with E-state index in [9.17, 15) is 9.59 Å². The zero-order valence-corrected chi connectivity index (χ0v) is 18.1. The highest BCUT2D eigenvalue weighted by atomic mass is 35.5. The third-order valence-corrected chi connectivity index (χ3v) is 5.02. The van der Waals surface area contributed by atoms with E-state index in [1.807, 2.05) is 18.4 Å². The molecule has 0 aliphatic rings. The Labute approximate surface area is 188 Å². The summed E-state index contributed by atoms with van der Waals surface area (Å²) in [7, 11) is 0. The summed E-state index contributed by atoms with van der Waals surface area (Å²) in [5.74, 6) is 0.162. The number of hydrogen-bond donors (Lipinski definition) is 3. The van der Waals surface area contributed by atoms with Gasteiger partial charge in [0.2, 0.25) is 0 Å². The first-order chi connectivity index (χ1) is 15.3. The average molecular weight is 450 g/mol. The quantitative estimate of drug-likeness (QED) is 0.384. The van der Waals surface area contributed by atoms with E-state index < -0.39 is 6.03 Å². The fraction of sp³-hybridized carbons (Fsp3) is 0.136. The van der Waals surface area contributed by atoms with E-state index in [-0.39, 0.29) is 23.5 Å². The Bertz CT molecular complexity index is 1330. The summed E-state index contributed by atoms with van der Waals surface area (Å²) >= 11 is 5.94. The number of hydrogen-bond acceptors (Lipinski definition) is 6. The molecule has 32 heavy (non-hydrogen) atoms. The molecule has 4 N–H and O–H groups in total. The zero-order chi connectivity index (χ0) is 22.8. The molecule has 0 spiro atoms. The summed E-state index contributed by atoms with van der Waals surface area (Å²) in [6.07, 6.45) is 4.55. The Balaban J connectivity index is 1.61. The van der Waals surface area contributed by atoms with Crippen LogP contribution in [-0.4, -0.2) is 31.3 Å². The van der Waals surface area contributed by atoms with Crippen molar-refractivity contribution >= 4 is 51.8 Å². The smallest absolute Gasteiger partial charge is 0.324 e. The Morgan fingerprint density at radius 3 is 2.66 bits per heavy atom. The molecule has 3 heterocycles. The molecule has 0 aliphatic heterocycles. The molecule has 0 aliphatic carbocycles. The summed E-state index contributed by atoms with van der Waals surface area (Å²) in [5, 5.41) is 6.27. The maximum absolute atomic E-state index is 13.3. The van der Waals surface area contributed by atoms with Gasteiger partial charge >= 0.3 is 6.03 Å². The molecule has 0 atom stereocenters. The number of amides is 2. The van der Waals surface area contributed by atoms with Crippen molar-refractivity contribution in [3.63, 3.8) is 0 Å². The number of ketones is 1. The van der Waals surface area contributed by atoms with Crippen LogP contribution in [0.1, 0.15) is 35.8 Å². The first kappa shape index (κ1) is 21.3. The lowest BCUT2D eigenvalue weighted by Crippen LogP contribution is -2.20. The third-order valence-electron chi connectivity index (χ3n) is 4.79. The lowest BCUT2D eigenvalue weighted by molar-refractivity contribution is 0.104. The normalized spacial score (nSPS) is 11.0. The van der Waals surface area contributed by atoms with Crippen molar-refractivity contribution in [3.8, 4) is 0 Å². The Morgan fingerprint density at radius 1 is 1.09 bits per heavy atom. The molecule has 4 aromatic rings. The minimum absolute atomic E-state index is 0.0678. The molecular weight excluding hydrogens is 430 g/mol. The number of carbonyl (C=O) groups is 2. The monoisotopic (exact) mass is 449 g/mol. The molecule has 0 bridgehead atoms. The topological polar surface area (TPSA) is 128 Å². The first-order valence-corrected chi connectivity index (χ1v) is 10.2. The molecule has 10 heteroatoms. The van der Waals surface area contributed by atoms with Gasteiger partial charge in [-0.1, -0.05) is 17.7 Å². The number of halogens is 1. The Morgan fingerprint density at radius 2 is 1.91 bits per heavy atom. The summed E-state index contributed by atoms with van der Waals surface area (Å²) < 4.78 is 1.87. The van der Waals surface area contributed by atoms with Crippen LogP contribution in [0.25, 0.3) is 11.0 Å². The second-order valence-corrected chi connectivity index (χ2v) is 7.79. The SMILES string of the molecule is CC(C)n1cc(C(=O)c2ccnc(NC(=O)Nc3cccc(Cl)c3)c2)c2c(N)ncnc21. The van der Waals surface area contributed by atoms with Crippen LogP contribution in [0.2, 0.25) is 5.02 Å². The maximum atomic E-state index is 13.3. The van der Waals surface area contributed by atoms with E-state index >= 15 is 0 Å². The predicted molar refractivity (Wildman–Crippen MR) is 124 cm³/mol. The number of nitrogens with two attached hydrogens (primary N) is 1. The molecule has 3 aromatic heterocycles. The van der Waals surface area contributed by atoms with Gasteiger partial charge in [-0.2, -0.15) is 0 Å². The Hall–Kier alpha value is -3.98. The zero-order valence-electron chi connectivity index (χ0n) is 17.3. The first-order valence-electron chi connectivity index (χ1n) is 9.79. The average Bonchev–Trinajstić information content (AvgIpc) is 3.15. The number of nitrogens with one attached hydrogen (secondary N) is 2. The summed E-state index contributed by atoms with van der Waals surface area (Å²) in [6, 6.07) is 9.37. The second kappa shape index (κ2) is 8.64. The van der Waals surface area contributed by atoms with Crippen molar-refractivity contribution in [3.05, 3.63) is 71.3 Å². The molecule has 2 amide bonds. The highest BCUT2D eigenvalue weighted by molar-refractivity contribution is 6.31. The number of benzene rings is 1. The summed E-state index contributed by atoms with van der Waals surface area (Å²) in [4.78, 5) is 38.1. The number of anilines is 3. The third kappa shape index (κ3) is 4.23. The van der Waals surface area contributed by atoms with E-state index in [1.54, 1.807) is 36.5 Å². The second-order valence-electron chi connectivity index (χ2n) is 7.35. The van der Waals surface area contributed by atoms with Crippen LogP contribution in [-0.2, 0) is 0 Å². The molecule has 0 saturated heterocycles. The molecule has 0 saturated carbocycles. The largest absolute Gasteiger partial charge is 0.383 e. The maximum Gasteiger partial charge on any atom is 0.324 e. The van der Waals surface area contributed by atoms with E-state index in [4.69, 9.17) is 17.3 Å². The fourth-order valence-corrected chi connectivity index (χ4v) is 3.51. The van der Waals surface area contributed by atoms with Gasteiger partial charge in [-0.25, -0.2) is 19.7 Å². The number of nitrogens with zero attached hydrogens (tertiary/aromatic N) is 4. The van der Waals surface area contributed by atoms with Crippen molar-refractivity contribution in [1.29, 1.82) is 0 Å². The van der Waals surface area contributed by atoms with E-state index in [1.165, 1.54) is 18.6 Å². The van der Waals surface area contributed by atoms with Gasteiger partial charge in [0.25, 0.3) is 0 Å². The predicted octanol–water partition coefficient (Wildman–Crippen LogP) is 4.52. The molecule has 1 aromatic carbocycles. The van der Waals surface area contributed by atoms with Crippen LogP contribution in [0.3, 0.4) is 0 Å². The highest BCUT2D eigenvalue weighted by Gasteiger charge is 2.21. The number of pyridine rings is 1. The molecule has 0 radical (unpaired) electrons. The van der Waals surface area contributed by atoms with Gasteiger partial charge in [-0.05, 0) is 44.2 Å². The highest BCUT2D eigenvalue weighted by Crippen LogP contribution is 2.28. The van der Waals surface area contributed by atoms with Crippen LogP contribution in [0.4, 0.5) is 22.1 Å². The summed E-state index contributed by atoms with van der Waals surface area (Å²) in [5.41, 5.74) is 7.90. The molecule has 9 nitrogen and oxygen atoms in total. The molecule has 0 unspecified atom stereocenters. The van der Waals surface area contributed by atoms with Gasteiger partial charge in [-0.15, -0.1) is 0 Å². The standard InChI is InChI=1S/C22H20ClN7O2/c1-12(2)30-10-16(18-20(24)26-11-27-21(18)30)19(31)13-6-7-25-17(8-13)29-22(32)28-15-5-3-4-14(23)9-15/h3-12H,1-2H3,(H2,24,26,27)(H2,25,28,29,32). The van der Waals surface area contributed by atoms with Crippen molar-refractivity contribution in [1.82, 2.24) is 19.5 Å². The van der Waals surface area contributed by atoms with Crippen LogP contribution >= 0.6 is 11.6 Å². The van der Waals surface area contributed by atoms with Crippen molar-refractivity contribution < 1.29 is 9.59 Å². The van der Waals surface area contributed by atoms with Crippen molar-refractivity contribution in [2.75, 3.05) is 16.4 Å². The van der Waals surface area contributed by atoms with Crippen molar-refractivity contribution in [2.45, 2.75) is 19.9 Å². The number of carbonyl (C=O) groups excluding carboxylic acids is 2. The van der Waals surface area contributed by atoms with Crippen LogP contribution in [0, 0.1) is 0 Å². The number of urea groups is 1. The lowest BCUT2D eigenvalue weighted by Gasteiger charge is -2.08. The lowest BCUT2D eigenvalue weighted by atomic mass is 10.0. The van der Waals surface area contributed by atoms with E-state index in [2.05, 4.69) is 25.6 Å². The molecule has 162 valence electrons. The van der Waals surface area contributed by atoms with E-state index in [0.29, 0.717) is 32.9 Å². The van der Waals surface area contributed by atoms with Crippen LogP contribution in [0.15, 0.2) is 55.1 Å². The minimum atomic E-state index is -0.515. The molecular formula is C22H20ClN7O2. The van der Waals surface area contributed by atoms with Gasteiger partial charge in [0.1, 0.15) is 23.6 Å². The van der Waals surface area contributed by atoms with Gasteiger partial charge < -0.3 is 15.6 Å². The summed E-state index contributed by atoms with van der Waals surface area (Å²) in [6.45, 7) is 3.97.